The second-order valence-corrected chi connectivity index (χ2v) is 4.01. The summed E-state index contributed by atoms with van der Waals surface area (Å²) in [5.74, 6) is 0. The van der Waals surface area contributed by atoms with Gasteiger partial charge in [0.25, 0.3) is 0 Å². The molecule has 0 aliphatic rings. The molecule has 4 heteroatoms. The predicted molar refractivity (Wildman–Crippen MR) is 54.1 cm³/mol. The Kier molecular flexibility index (Phi) is 1.96. The summed E-state index contributed by atoms with van der Waals surface area (Å²) >= 11 is 6.72. The Morgan fingerprint density at radius 1 is 1.42 bits per heavy atom. The van der Waals surface area contributed by atoms with Gasteiger partial charge in [-0.25, -0.2) is 4.98 Å². The van der Waals surface area contributed by atoms with Gasteiger partial charge in [-0.05, 0) is 44.8 Å². The van der Waals surface area contributed by atoms with Gasteiger partial charge in [0.15, 0.2) is 5.58 Å². The molecule has 62 valence electrons. The van der Waals surface area contributed by atoms with Crippen LogP contribution in [-0.4, -0.2) is 4.98 Å². The third-order valence-corrected chi connectivity index (χ3v) is 3.54. The molecular weight excluding hydrogens is 286 g/mol. The van der Waals surface area contributed by atoms with Crippen molar-refractivity contribution >= 4 is 42.8 Å². The quantitative estimate of drug-likeness (QED) is 0.692. The fourth-order valence-corrected chi connectivity index (χ4v) is 1.96. The van der Waals surface area contributed by atoms with Crippen LogP contribution in [0.5, 0.6) is 0 Å². The lowest BCUT2D eigenvalue weighted by molar-refractivity contribution is 0.613. The Labute approximate surface area is 86.2 Å². The number of furan rings is 1. The van der Waals surface area contributed by atoms with E-state index in [1.54, 1.807) is 6.26 Å². The molecule has 0 radical (unpaired) electrons. The maximum absolute atomic E-state index is 5.29. The van der Waals surface area contributed by atoms with E-state index in [0.717, 1.165) is 25.7 Å². The van der Waals surface area contributed by atoms with Gasteiger partial charge in [0, 0.05) is 11.1 Å². The molecule has 0 spiro atoms. The van der Waals surface area contributed by atoms with Crippen molar-refractivity contribution in [3.8, 4) is 0 Å². The molecule has 0 bridgehead atoms. The maximum atomic E-state index is 5.29. The maximum Gasteiger partial charge on any atom is 0.152 e. The monoisotopic (exact) mass is 289 g/mol. The van der Waals surface area contributed by atoms with Crippen LogP contribution in [-0.2, 0) is 0 Å². The standard InChI is InChI=1S/C8H5Br2NO/c1-4-5-2-3-12-7(5)6(9)8(10)11-4/h2-3H,1H3. The summed E-state index contributed by atoms with van der Waals surface area (Å²) in [6, 6.07) is 1.91. The number of halogens is 2. The number of hydrogen-bond acceptors (Lipinski definition) is 2. The molecule has 0 amide bonds. The third kappa shape index (κ3) is 1.10. The second kappa shape index (κ2) is 2.85. The van der Waals surface area contributed by atoms with Crippen LogP contribution in [0.2, 0.25) is 0 Å². The number of rotatable bonds is 0. The SMILES string of the molecule is Cc1nc(Br)c(Br)c2occc12. The molecule has 0 aliphatic carbocycles. The van der Waals surface area contributed by atoms with E-state index in [2.05, 4.69) is 36.8 Å². The Bertz CT molecular complexity index is 436. The number of pyridine rings is 1. The minimum atomic E-state index is 0.780. The molecule has 2 nitrogen and oxygen atoms in total. The van der Waals surface area contributed by atoms with Crippen LogP contribution >= 0.6 is 31.9 Å². The van der Waals surface area contributed by atoms with Crippen LogP contribution in [0.3, 0.4) is 0 Å². The second-order valence-electron chi connectivity index (χ2n) is 2.47. The van der Waals surface area contributed by atoms with Crippen molar-refractivity contribution < 1.29 is 4.42 Å². The van der Waals surface area contributed by atoms with Crippen molar-refractivity contribution in [3.63, 3.8) is 0 Å². The van der Waals surface area contributed by atoms with Gasteiger partial charge in [-0.1, -0.05) is 0 Å². The Morgan fingerprint density at radius 3 is 2.92 bits per heavy atom. The van der Waals surface area contributed by atoms with Gasteiger partial charge in [0.1, 0.15) is 4.60 Å². The molecular formula is C8H5Br2NO. The van der Waals surface area contributed by atoms with Gasteiger partial charge in [-0.2, -0.15) is 0 Å². The van der Waals surface area contributed by atoms with Gasteiger partial charge in [0.2, 0.25) is 0 Å². The highest BCUT2D eigenvalue weighted by Gasteiger charge is 2.09. The molecule has 2 rings (SSSR count). The average molecular weight is 291 g/mol. The molecule has 2 aromatic heterocycles. The van der Waals surface area contributed by atoms with Gasteiger partial charge in [0.05, 0.1) is 10.7 Å². The molecule has 12 heavy (non-hydrogen) atoms. The van der Waals surface area contributed by atoms with E-state index in [4.69, 9.17) is 4.42 Å². The molecule has 0 N–H and O–H groups in total. The zero-order valence-corrected chi connectivity index (χ0v) is 9.44. The fraction of sp³-hybridized carbons (Fsp3) is 0.125. The first-order valence-electron chi connectivity index (χ1n) is 3.39. The van der Waals surface area contributed by atoms with Gasteiger partial charge in [-0.15, -0.1) is 0 Å². The first-order valence-corrected chi connectivity index (χ1v) is 4.97. The van der Waals surface area contributed by atoms with Crippen LogP contribution in [0.25, 0.3) is 11.0 Å². The normalized spacial score (nSPS) is 10.9. The van der Waals surface area contributed by atoms with Crippen molar-refractivity contribution in [1.29, 1.82) is 0 Å². The summed E-state index contributed by atoms with van der Waals surface area (Å²) in [4.78, 5) is 4.28. The van der Waals surface area contributed by atoms with Crippen LogP contribution < -0.4 is 0 Å². The van der Waals surface area contributed by atoms with Gasteiger partial charge < -0.3 is 4.42 Å². The van der Waals surface area contributed by atoms with E-state index in [1.807, 2.05) is 13.0 Å². The van der Waals surface area contributed by atoms with Crippen molar-refractivity contribution in [1.82, 2.24) is 4.98 Å². The molecule has 2 heterocycles. The molecule has 0 atom stereocenters. The summed E-state index contributed by atoms with van der Waals surface area (Å²) < 4.78 is 6.94. The number of nitrogens with zero attached hydrogens (tertiary/aromatic N) is 1. The smallest absolute Gasteiger partial charge is 0.152 e. The third-order valence-electron chi connectivity index (χ3n) is 1.70. The Morgan fingerprint density at radius 2 is 2.17 bits per heavy atom. The first kappa shape index (κ1) is 8.26. The van der Waals surface area contributed by atoms with Crippen LogP contribution in [0.15, 0.2) is 25.8 Å². The first-order chi connectivity index (χ1) is 5.70. The minimum Gasteiger partial charge on any atom is -0.463 e. The lowest BCUT2D eigenvalue weighted by Gasteiger charge is -1.98. The van der Waals surface area contributed by atoms with Crippen LogP contribution in [0, 0.1) is 6.92 Å². The van der Waals surface area contributed by atoms with E-state index in [-0.39, 0.29) is 0 Å². The molecule has 2 aromatic rings. The number of aryl methyl sites for hydroxylation is 1. The Balaban J connectivity index is 2.97. The lowest BCUT2D eigenvalue weighted by Crippen LogP contribution is -1.84. The topological polar surface area (TPSA) is 26.0 Å². The van der Waals surface area contributed by atoms with E-state index in [0.29, 0.717) is 0 Å². The summed E-state index contributed by atoms with van der Waals surface area (Å²) in [5, 5.41) is 1.05. The molecule has 0 saturated heterocycles. The summed E-state index contributed by atoms with van der Waals surface area (Å²) in [7, 11) is 0. The molecule has 0 aromatic carbocycles. The summed E-state index contributed by atoms with van der Waals surface area (Å²) in [6.45, 7) is 1.95. The highest BCUT2D eigenvalue weighted by molar-refractivity contribution is 9.13. The van der Waals surface area contributed by atoms with E-state index in [9.17, 15) is 0 Å². The number of hydrogen-bond donors (Lipinski definition) is 0. The van der Waals surface area contributed by atoms with E-state index < -0.39 is 0 Å². The van der Waals surface area contributed by atoms with Crippen molar-refractivity contribution in [2.45, 2.75) is 6.92 Å². The van der Waals surface area contributed by atoms with Crippen molar-refractivity contribution in [2.24, 2.45) is 0 Å². The van der Waals surface area contributed by atoms with E-state index in [1.165, 1.54) is 0 Å². The fourth-order valence-electron chi connectivity index (χ4n) is 1.11. The Hall–Kier alpha value is -0.350. The summed E-state index contributed by atoms with van der Waals surface area (Å²) in [5.41, 5.74) is 1.81. The zero-order chi connectivity index (χ0) is 8.72. The largest absolute Gasteiger partial charge is 0.463 e. The van der Waals surface area contributed by atoms with Crippen LogP contribution in [0.1, 0.15) is 5.69 Å². The average Bonchev–Trinajstić information content (AvgIpc) is 2.48. The van der Waals surface area contributed by atoms with Gasteiger partial charge >= 0.3 is 0 Å². The number of fused-ring (bicyclic) bond motifs is 1. The van der Waals surface area contributed by atoms with Crippen molar-refractivity contribution in [2.75, 3.05) is 0 Å². The van der Waals surface area contributed by atoms with Gasteiger partial charge in [-0.3, -0.25) is 0 Å². The van der Waals surface area contributed by atoms with Crippen LogP contribution in [0.4, 0.5) is 0 Å². The highest BCUT2D eigenvalue weighted by atomic mass is 79.9. The molecule has 0 saturated carbocycles. The molecule has 0 aliphatic heterocycles. The minimum absolute atomic E-state index is 0.780. The lowest BCUT2D eigenvalue weighted by atomic mass is 10.2. The molecule has 0 fully saturated rings. The number of aromatic nitrogens is 1. The zero-order valence-electron chi connectivity index (χ0n) is 6.27. The predicted octanol–water partition coefficient (Wildman–Crippen LogP) is 3.66. The summed E-state index contributed by atoms with van der Waals surface area (Å²) in [6.07, 6.45) is 1.66. The molecule has 0 unspecified atom stereocenters. The highest BCUT2D eigenvalue weighted by Crippen LogP contribution is 2.31. The van der Waals surface area contributed by atoms with Crippen molar-refractivity contribution in [3.05, 3.63) is 27.1 Å². The van der Waals surface area contributed by atoms with E-state index >= 15 is 0 Å².